The first kappa shape index (κ1) is 23.9. The van der Waals surface area contributed by atoms with Crippen molar-refractivity contribution in [3.63, 3.8) is 0 Å². The van der Waals surface area contributed by atoms with E-state index < -0.39 is 21.6 Å². The van der Waals surface area contributed by atoms with Gasteiger partial charge in [0.25, 0.3) is 10.0 Å². The van der Waals surface area contributed by atoms with Gasteiger partial charge in [-0.3, -0.25) is 9.78 Å². The van der Waals surface area contributed by atoms with Crippen molar-refractivity contribution in [1.29, 1.82) is 5.26 Å². The zero-order chi connectivity index (χ0) is 25.3. The summed E-state index contributed by atoms with van der Waals surface area (Å²) < 4.78 is 41.9. The van der Waals surface area contributed by atoms with Gasteiger partial charge in [-0.25, -0.2) is 16.8 Å². The number of nitriles is 1. The summed E-state index contributed by atoms with van der Waals surface area (Å²) in [5.74, 6) is -1.22. The first-order chi connectivity index (χ1) is 16.6. The topological polar surface area (TPSA) is 96.1 Å². The number of aryl methyl sites for hydroxylation is 1. The lowest BCUT2D eigenvalue weighted by Gasteiger charge is -2.13. The summed E-state index contributed by atoms with van der Waals surface area (Å²) in [5.41, 5.74) is 1.71. The minimum Gasteiger partial charge on any atom is -0.382 e. The Morgan fingerprint density at radius 3 is 2.40 bits per heavy atom. The molecule has 0 fully saturated rings. The molecule has 7 nitrogen and oxygen atoms in total. The molecule has 176 valence electrons. The molecule has 4 rings (SSSR count). The predicted octanol–water partition coefficient (Wildman–Crippen LogP) is 4.54. The summed E-state index contributed by atoms with van der Waals surface area (Å²) in [6, 6.07) is 17.3. The van der Waals surface area contributed by atoms with Crippen molar-refractivity contribution in [3.8, 4) is 17.3 Å². The van der Waals surface area contributed by atoms with Gasteiger partial charge in [0.15, 0.2) is 0 Å². The molecule has 0 N–H and O–H groups in total. The molecule has 0 saturated carbocycles. The Hall–Kier alpha value is -4.29. The van der Waals surface area contributed by atoms with Gasteiger partial charge in [0.1, 0.15) is 23.2 Å². The van der Waals surface area contributed by atoms with E-state index >= 15 is 0 Å². The third kappa shape index (κ3) is 4.56. The van der Waals surface area contributed by atoms with Crippen LogP contribution in [0.15, 0.2) is 83.5 Å². The van der Waals surface area contributed by atoms with Gasteiger partial charge in [0.2, 0.25) is 5.78 Å². The van der Waals surface area contributed by atoms with Crippen LogP contribution in [0.3, 0.4) is 0 Å². The van der Waals surface area contributed by atoms with E-state index in [1.807, 2.05) is 13.0 Å². The highest BCUT2D eigenvalue weighted by Gasteiger charge is 2.28. The van der Waals surface area contributed by atoms with Crippen LogP contribution in [0, 0.1) is 24.1 Å². The largest absolute Gasteiger partial charge is 0.382 e. The van der Waals surface area contributed by atoms with Crippen LogP contribution in [-0.2, 0) is 10.0 Å². The number of pyridine rings is 1. The molecule has 35 heavy (non-hydrogen) atoms. The third-order valence-corrected chi connectivity index (χ3v) is 7.07. The fourth-order valence-corrected chi connectivity index (χ4v) is 5.15. The van der Waals surface area contributed by atoms with Crippen molar-refractivity contribution in [2.75, 3.05) is 14.1 Å². The second kappa shape index (κ2) is 9.16. The Labute approximate surface area is 202 Å². The molecule has 0 spiro atoms. The Kier molecular flexibility index (Phi) is 6.24. The van der Waals surface area contributed by atoms with Gasteiger partial charge < -0.3 is 4.90 Å². The third-order valence-electron chi connectivity index (χ3n) is 5.33. The fourth-order valence-electron chi connectivity index (χ4n) is 3.65. The van der Waals surface area contributed by atoms with E-state index in [-0.39, 0.29) is 21.7 Å². The number of carbonyl (C=O) groups is 1. The number of rotatable bonds is 6. The Morgan fingerprint density at radius 1 is 1.09 bits per heavy atom. The van der Waals surface area contributed by atoms with E-state index in [0.29, 0.717) is 16.6 Å². The minimum atomic E-state index is -4.23. The van der Waals surface area contributed by atoms with Gasteiger partial charge in [-0.15, -0.1) is 0 Å². The van der Waals surface area contributed by atoms with Gasteiger partial charge in [-0.1, -0.05) is 29.8 Å². The molecule has 0 unspecified atom stereocenters. The van der Waals surface area contributed by atoms with Crippen LogP contribution in [-0.4, -0.2) is 42.2 Å². The number of fused-ring (bicyclic) bond motifs is 1. The lowest BCUT2D eigenvalue weighted by Crippen LogP contribution is -2.20. The number of Topliss-reactive ketones (excluding diaryl/α,β-unsaturated/α-hetero) is 1. The summed E-state index contributed by atoms with van der Waals surface area (Å²) in [6.45, 7) is 1.84. The highest BCUT2D eigenvalue weighted by Crippen LogP contribution is 2.31. The number of ketones is 1. The maximum absolute atomic E-state index is 13.8. The smallest absolute Gasteiger partial charge is 0.268 e. The van der Waals surface area contributed by atoms with Crippen LogP contribution in [0.5, 0.6) is 0 Å². The summed E-state index contributed by atoms with van der Waals surface area (Å²) in [5, 5.41) is 10.1. The maximum Gasteiger partial charge on any atom is 0.268 e. The molecule has 0 aliphatic carbocycles. The number of halogens is 1. The molecule has 0 aliphatic rings. The molecule has 0 saturated heterocycles. The maximum atomic E-state index is 13.8. The summed E-state index contributed by atoms with van der Waals surface area (Å²) >= 11 is 0. The molecule has 0 amide bonds. The van der Waals surface area contributed by atoms with Crippen molar-refractivity contribution in [3.05, 3.63) is 95.7 Å². The lowest BCUT2D eigenvalue weighted by molar-refractivity contribution is 0.103. The van der Waals surface area contributed by atoms with E-state index in [4.69, 9.17) is 0 Å². The van der Waals surface area contributed by atoms with Crippen LogP contribution in [0.2, 0.25) is 0 Å². The summed E-state index contributed by atoms with van der Waals surface area (Å²) in [7, 11) is -0.910. The van der Waals surface area contributed by atoms with Crippen LogP contribution in [0.4, 0.5) is 4.39 Å². The first-order valence-corrected chi connectivity index (χ1v) is 12.0. The second-order valence-electron chi connectivity index (χ2n) is 8.19. The highest BCUT2D eigenvalue weighted by atomic mass is 32.2. The van der Waals surface area contributed by atoms with Crippen LogP contribution in [0.1, 0.15) is 16.1 Å². The number of hydrogen-bond acceptors (Lipinski definition) is 6. The van der Waals surface area contributed by atoms with E-state index in [0.717, 1.165) is 15.7 Å². The van der Waals surface area contributed by atoms with Crippen LogP contribution < -0.4 is 0 Å². The lowest BCUT2D eigenvalue weighted by atomic mass is 10.1. The highest BCUT2D eigenvalue weighted by molar-refractivity contribution is 7.90. The van der Waals surface area contributed by atoms with Gasteiger partial charge in [-0.2, -0.15) is 5.26 Å². The van der Waals surface area contributed by atoms with E-state index in [1.165, 1.54) is 41.4 Å². The number of benzene rings is 2. The molecule has 2 heterocycles. The van der Waals surface area contributed by atoms with Crippen molar-refractivity contribution >= 4 is 26.7 Å². The average molecular weight is 489 g/mol. The summed E-state index contributed by atoms with van der Waals surface area (Å²) in [4.78, 5) is 19.0. The zero-order valence-electron chi connectivity index (χ0n) is 19.2. The number of allylic oxidation sites excluding steroid dienone is 1. The van der Waals surface area contributed by atoms with Crippen LogP contribution in [0.25, 0.3) is 22.2 Å². The molecule has 4 aromatic rings. The minimum absolute atomic E-state index is 0.00458. The van der Waals surface area contributed by atoms with E-state index in [2.05, 4.69) is 4.98 Å². The van der Waals surface area contributed by atoms with E-state index in [9.17, 15) is 22.9 Å². The molecular formula is C26H21FN4O3S. The quantitative estimate of drug-likeness (QED) is 0.225. The second-order valence-corrected chi connectivity index (χ2v) is 9.98. The normalized spacial score (nSPS) is 11.9. The first-order valence-electron chi connectivity index (χ1n) is 10.5. The number of aromatic nitrogens is 2. The monoisotopic (exact) mass is 488 g/mol. The van der Waals surface area contributed by atoms with Gasteiger partial charge in [-0.05, 0) is 43.3 Å². The predicted molar refractivity (Wildman–Crippen MR) is 131 cm³/mol. The van der Waals surface area contributed by atoms with Crippen molar-refractivity contribution in [2.45, 2.75) is 11.8 Å². The number of carbonyl (C=O) groups excluding carboxylic acids is 1. The summed E-state index contributed by atoms with van der Waals surface area (Å²) in [6.07, 6.45) is 2.42. The molecule has 0 bridgehead atoms. The Balaban J connectivity index is 2.02. The Morgan fingerprint density at radius 2 is 1.80 bits per heavy atom. The fraction of sp³-hybridized carbons (Fsp3) is 0.115. The Bertz CT molecular complexity index is 1610. The van der Waals surface area contributed by atoms with Crippen molar-refractivity contribution in [1.82, 2.24) is 13.9 Å². The average Bonchev–Trinajstić information content (AvgIpc) is 3.22. The van der Waals surface area contributed by atoms with Crippen molar-refractivity contribution in [2.24, 2.45) is 0 Å². The standard InChI is InChI=1S/C26H21FN4O3S/c1-17-4-9-22(10-5-17)35(33,34)31-24-12-18(23-11-8-21(27)15-29-23)6-7-19(24)13-25(31)26(32)20(14-28)16-30(2)3/h4-13,15-16H,1-3H3/b20-16+. The molecule has 2 aromatic carbocycles. The number of nitrogens with zero attached hydrogens (tertiary/aromatic N) is 4. The molecule has 0 atom stereocenters. The molecular weight excluding hydrogens is 467 g/mol. The number of hydrogen-bond donors (Lipinski definition) is 0. The van der Waals surface area contributed by atoms with Crippen molar-refractivity contribution < 1.29 is 17.6 Å². The molecule has 2 aromatic heterocycles. The SMILES string of the molecule is Cc1ccc(S(=O)(=O)n2c(C(=O)/C(C#N)=C/N(C)C)cc3ccc(-c4ccc(F)cn4)cc32)cc1. The molecule has 0 aliphatic heterocycles. The van der Waals surface area contributed by atoms with Gasteiger partial charge >= 0.3 is 0 Å². The van der Waals surface area contributed by atoms with Gasteiger partial charge in [0.05, 0.1) is 22.3 Å². The van der Waals surface area contributed by atoms with Crippen LogP contribution >= 0.6 is 0 Å². The van der Waals surface area contributed by atoms with Gasteiger partial charge in [0, 0.05) is 31.2 Å². The zero-order valence-corrected chi connectivity index (χ0v) is 20.0. The molecule has 0 radical (unpaired) electrons. The molecule has 9 heteroatoms. The van der Waals surface area contributed by atoms with E-state index in [1.54, 1.807) is 44.4 Å².